The molecule has 0 radical (unpaired) electrons. The van der Waals surface area contributed by atoms with E-state index in [0.717, 1.165) is 32.3 Å². The average molecular weight is 382 g/mol. The van der Waals surface area contributed by atoms with Gasteiger partial charge in [0.1, 0.15) is 0 Å². The normalized spacial score (nSPS) is 14.5. The van der Waals surface area contributed by atoms with Crippen LogP contribution >= 0.6 is 27.3 Å². The Hall–Kier alpha value is -1.73. The summed E-state index contributed by atoms with van der Waals surface area (Å²) < 4.78 is 12.3. The number of fused-ring (bicyclic) bond motifs is 1. The second kappa shape index (κ2) is 7.02. The summed E-state index contributed by atoms with van der Waals surface area (Å²) >= 11 is 5.08. The Morgan fingerprint density at radius 2 is 2.05 bits per heavy atom. The van der Waals surface area contributed by atoms with E-state index < -0.39 is 0 Å². The Morgan fingerprint density at radius 3 is 2.82 bits per heavy atom. The van der Waals surface area contributed by atoms with Crippen molar-refractivity contribution in [1.82, 2.24) is 0 Å². The second-order valence-corrected chi connectivity index (χ2v) is 7.29. The van der Waals surface area contributed by atoms with Crippen molar-refractivity contribution >= 4 is 38.9 Å². The molecule has 0 saturated carbocycles. The average Bonchev–Trinajstić information content (AvgIpc) is 2.78. The van der Waals surface area contributed by atoms with Crippen molar-refractivity contribution in [3.63, 3.8) is 0 Å². The SMILES string of the molecule is NC(=NCc1ccc(Br)s1)Nc1ccc2c(c1)OCCCO2. The van der Waals surface area contributed by atoms with Gasteiger partial charge in [-0.1, -0.05) is 0 Å². The lowest BCUT2D eigenvalue weighted by Gasteiger charge is -2.10. The van der Waals surface area contributed by atoms with Gasteiger partial charge < -0.3 is 20.5 Å². The van der Waals surface area contributed by atoms with E-state index in [1.807, 2.05) is 30.3 Å². The largest absolute Gasteiger partial charge is 0.490 e. The van der Waals surface area contributed by atoms with Crippen LogP contribution in [0.4, 0.5) is 5.69 Å². The summed E-state index contributed by atoms with van der Waals surface area (Å²) in [5, 5.41) is 3.07. The molecule has 5 nitrogen and oxygen atoms in total. The van der Waals surface area contributed by atoms with Crippen LogP contribution in [-0.2, 0) is 6.54 Å². The monoisotopic (exact) mass is 381 g/mol. The van der Waals surface area contributed by atoms with E-state index in [2.05, 4.69) is 26.2 Å². The molecule has 7 heteroatoms. The minimum Gasteiger partial charge on any atom is -0.490 e. The van der Waals surface area contributed by atoms with Gasteiger partial charge in [-0.3, -0.25) is 0 Å². The number of thiophene rings is 1. The fraction of sp³-hybridized carbons (Fsp3) is 0.267. The fourth-order valence-corrected chi connectivity index (χ4v) is 3.44. The molecule has 2 heterocycles. The first-order chi connectivity index (χ1) is 10.7. The van der Waals surface area contributed by atoms with E-state index in [0.29, 0.717) is 25.7 Å². The van der Waals surface area contributed by atoms with E-state index in [4.69, 9.17) is 15.2 Å². The third-order valence-electron chi connectivity index (χ3n) is 3.05. The van der Waals surface area contributed by atoms with E-state index in [1.165, 1.54) is 0 Å². The molecule has 0 saturated heterocycles. The highest BCUT2D eigenvalue weighted by molar-refractivity contribution is 9.11. The molecule has 3 N–H and O–H groups in total. The van der Waals surface area contributed by atoms with Crippen LogP contribution in [0.1, 0.15) is 11.3 Å². The van der Waals surface area contributed by atoms with Crippen molar-refractivity contribution < 1.29 is 9.47 Å². The summed E-state index contributed by atoms with van der Waals surface area (Å²) in [5.41, 5.74) is 6.76. The number of nitrogens with one attached hydrogen (secondary N) is 1. The van der Waals surface area contributed by atoms with Crippen molar-refractivity contribution in [3.05, 3.63) is 39.0 Å². The van der Waals surface area contributed by atoms with E-state index in [1.54, 1.807) is 11.3 Å². The van der Waals surface area contributed by atoms with Gasteiger partial charge in [-0.2, -0.15) is 0 Å². The predicted octanol–water partition coefficient (Wildman–Crippen LogP) is 3.60. The van der Waals surface area contributed by atoms with Gasteiger partial charge in [0, 0.05) is 23.1 Å². The van der Waals surface area contributed by atoms with Gasteiger partial charge in [-0.15, -0.1) is 11.3 Å². The Kier molecular flexibility index (Phi) is 4.84. The number of guanidine groups is 1. The first-order valence-corrected chi connectivity index (χ1v) is 8.52. The molecular weight excluding hydrogens is 366 g/mol. The lowest BCUT2D eigenvalue weighted by atomic mass is 10.3. The van der Waals surface area contributed by atoms with Gasteiger partial charge in [0.05, 0.1) is 23.5 Å². The first kappa shape index (κ1) is 15.2. The van der Waals surface area contributed by atoms with E-state index >= 15 is 0 Å². The highest BCUT2D eigenvalue weighted by atomic mass is 79.9. The summed E-state index contributed by atoms with van der Waals surface area (Å²) in [6.07, 6.45) is 0.886. The number of aliphatic imine (C=N–C) groups is 1. The van der Waals surface area contributed by atoms with Crippen LogP contribution in [-0.4, -0.2) is 19.2 Å². The molecule has 0 atom stereocenters. The third kappa shape index (κ3) is 3.92. The summed E-state index contributed by atoms with van der Waals surface area (Å²) in [7, 11) is 0. The zero-order valence-electron chi connectivity index (χ0n) is 11.8. The summed E-state index contributed by atoms with van der Waals surface area (Å²) in [4.78, 5) is 5.48. The summed E-state index contributed by atoms with van der Waals surface area (Å²) in [6, 6.07) is 9.69. The van der Waals surface area contributed by atoms with Crippen LogP contribution < -0.4 is 20.5 Å². The van der Waals surface area contributed by atoms with E-state index in [-0.39, 0.29) is 0 Å². The molecule has 1 aliphatic rings. The first-order valence-electron chi connectivity index (χ1n) is 6.91. The summed E-state index contributed by atoms with van der Waals surface area (Å²) in [6.45, 7) is 1.90. The van der Waals surface area contributed by atoms with Crippen LogP contribution in [0.15, 0.2) is 39.1 Å². The molecule has 0 spiro atoms. The van der Waals surface area contributed by atoms with Gasteiger partial charge in [0.2, 0.25) is 0 Å². The van der Waals surface area contributed by atoms with Gasteiger partial charge in [-0.05, 0) is 40.2 Å². The van der Waals surface area contributed by atoms with Crippen LogP contribution in [0.3, 0.4) is 0 Å². The number of hydrogen-bond donors (Lipinski definition) is 2. The maximum atomic E-state index is 5.93. The molecule has 1 aromatic carbocycles. The molecule has 0 fully saturated rings. The highest BCUT2D eigenvalue weighted by Gasteiger charge is 2.10. The van der Waals surface area contributed by atoms with Crippen molar-refractivity contribution in [2.24, 2.45) is 10.7 Å². The minimum atomic E-state index is 0.374. The number of anilines is 1. The number of ether oxygens (including phenoxy) is 2. The van der Waals surface area contributed by atoms with Crippen molar-refractivity contribution in [2.75, 3.05) is 18.5 Å². The standard InChI is InChI=1S/C15H16BrN3O2S/c16-14-5-3-11(22-14)9-18-15(17)19-10-2-4-12-13(8-10)21-7-1-6-20-12/h2-5,8H,1,6-7,9H2,(H3,17,18,19). The molecule has 22 heavy (non-hydrogen) atoms. The zero-order valence-corrected chi connectivity index (χ0v) is 14.2. The zero-order chi connectivity index (χ0) is 15.4. The van der Waals surface area contributed by atoms with Crippen LogP contribution in [0.25, 0.3) is 0 Å². The van der Waals surface area contributed by atoms with Crippen molar-refractivity contribution in [2.45, 2.75) is 13.0 Å². The van der Waals surface area contributed by atoms with Crippen LogP contribution in [0.2, 0.25) is 0 Å². The molecule has 1 aromatic heterocycles. The lowest BCUT2D eigenvalue weighted by Crippen LogP contribution is -2.22. The molecule has 0 bridgehead atoms. The number of hydrogen-bond acceptors (Lipinski definition) is 4. The molecular formula is C15H16BrN3O2S. The summed E-state index contributed by atoms with van der Waals surface area (Å²) in [5.74, 6) is 1.87. The molecule has 1 aliphatic heterocycles. The maximum absolute atomic E-state index is 5.93. The number of halogens is 1. The van der Waals surface area contributed by atoms with Gasteiger partial charge >= 0.3 is 0 Å². The van der Waals surface area contributed by atoms with Crippen LogP contribution in [0.5, 0.6) is 11.5 Å². The Labute approximate surface area is 141 Å². The van der Waals surface area contributed by atoms with Gasteiger partial charge in [0.15, 0.2) is 17.5 Å². The van der Waals surface area contributed by atoms with Crippen molar-refractivity contribution in [3.8, 4) is 11.5 Å². The topological polar surface area (TPSA) is 68.9 Å². The lowest BCUT2D eigenvalue weighted by molar-refractivity contribution is 0.297. The number of benzene rings is 1. The smallest absolute Gasteiger partial charge is 0.193 e. The third-order valence-corrected chi connectivity index (χ3v) is 4.66. The van der Waals surface area contributed by atoms with E-state index in [9.17, 15) is 0 Å². The number of nitrogens with two attached hydrogens (primary N) is 1. The minimum absolute atomic E-state index is 0.374. The van der Waals surface area contributed by atoms with Gasteiger partial charge in [-0.25, -0.2) is 4.99 Å². The highest BCUT2D eigenvalue weighted by Crippen LogP contribution is 2.32. The predicted molar refractivity (Wildman–Crippen MR) is 93.0 cm³/mol. The molecule has 0 amide bonds. The molecule has 3 rings (SSSR count). The Bertz CT molecular complexity index is 687. The fourth-order valence-electron chi connectivity index (χ4n) is 2.03. The Morgan fingerprint density at radius 1 is 1.23 bits per heavy atom. The maximum Gasteiger partial charge on any atom is 0.193 e. The molecule has 2 aromatic rings. The molecule has 0 unspecified atom stereocenters. The van der Waals surface area contributed by atoms with Crippen LogP contribution in [0, 0.1) is 0 Å². The Balaban J connectivity index is 1.65. The second-order valence-electron chi connectivity index (χ2n) is 4.74. The quantitative estimate of drug-likeness (QED) is 0.629. The number of nitrogens with zero attached hydrogens (tertiary/aromatic N) is 1. The van der Waals surface area contributed by atoms with Crippen molar-refractivity contribution in [1.29, 1.82) is 0 Å². The van der Waals surface area contributed by atoms with Gasteiger partial charge in [0.25, 0.3) is 0 Å². The molecule has 0 aliphatic carbocycles. The number of rotatable bonds is 3. The molecule has 116 valence electrons.